The van der Waals surface area contributed by atoms with E-state index in [4.69, 9.17) is 28.3 Å². The van der Waals surface area contributed by atoms with Gasteiger partial charge in [-0.05, 0) is 31.5 Å². The lowest BCUT2D eigenvalue weighted by molar-refractivity contribution is -0.142. The largest absolute Gasteiger partial charge is 0.480 e. The van der Waals surface area contributed by atoms with E-state index in [0.717, 1.165) is 0 Å². The second-order valence-electron chi connectivity index (χ2n) is 4.71. The van der Waals surface area contributed by atoms with Crippen LogP contribution in [0.5, 0.6) is 0 Å². The van der Waals surface area contributed by atoms with Gasteiger partial charge < -0.3 is 15.7 Å². The van der Waals surface area contributed by atoms with Crippen LogP contribution < -0.4 is 10.6 Å². The third-order valence-electron chi connectivity index (χ3n) is 2.83. The number of nitrogens with one attached hydrogen (secondary N) is 2. The van der Waals surface area contributed by atoms with Gasteiger partial charge in [-0.25, -0.2) is 4.79 Å². The van der Waals surface area contributed by atoms with E-state index in [-0.39, 0.29) is 0 Å². The lowest BCUT2D eigenvalue weighted by Crippen LogP contribution is -2.46. The number of hydrogen-bond acceptors (Lipinski definition) is 3. The molecule has 0 heterocycles. The maximum Gasteiger partial charge on any atom is 0.326 e. The van der Waals surface area contributed by atoms with Crippen molar-refractivity contribution in [2.24, 2.45) is 0 Å². The van der Waals surface area contributed by atoms with Gasteiger partial charge in [-0.15, -0.1) is 0 Å². The van der Waals surface area contributed by atoms with E-state index >= 15 is 0 Å². The summed E-state index contributed by atoms with van der Waals surface area (Å²) in [7, 11) is 0. The van der Waals surface area contributed by atoms with Gasteiger partial charge in [-0.1, -0.05) is 36.5 Å². The molecule has 1 rings (SSSR count). The topological polar surface area (TPSA) is 78.4 Å². The molecule has 0 aliphatic carbocycles. The van der Waals surface area contributed by atoms with Crippen LogP contribution in [-0.4, -0.2) is 29.1 Å². The molecule has 2 unspecified atom stereocenters. The van der Waals surface area contributed by atoms with Crippen molar-refractivity contribution >= 4 is 40.8 Å². The number of amides is 1. The Labute approximate surface area is 133 Å². The Bertz CT molecular complexity index is 503. The number of hydrogen-bond donors (Lipinski definition) is 3. The van der Waals surface area contributed by atoms with Crippen molar-refractivity contribution in [2.45, 2.75) is 38.8 Å². The Morgan fingerprint density at radius 1 is 1.24 bits per heavy atom. The summed E-state index contributed by atoms with van der Waals surface area (Å²) in [5, 5.41) is 15.4. The maximum atomic E-state index is 12.0. The average molecular weight is 333 g/mol. The van der Waals surface area contributed by atoms with Crippen LogP contribution in [0.4, 0.5) is 5.69 Å². The number of carbonyl (C=O) groups is 2. The van der Waals surface area contributed by atoms with Crippen molar-refractivity contribution in [2.75, 3.05) is 5.32 Å². The molecule has 3 N–H and O–H groups in total. The van der Waals surface area contributed by atoms with Gasteiger partial charge in [0.05, 0.1) is 0 Å². The molecule has 1 aromatic rings. The van der Waals surface area contributed by atoms with E-state index in [1.165, 1.54) is 0 Å². The first kappa shape index (κ1) is 17.6. The molecule has 0 aliphatic rings. The van der Waals surface area contributed by atoms with Gasteiger partial charge in [0.1, 0.15) is 12.1 Å². The Morgan fingerprint density at radius 2 is 1.81 bits per heavy atom. The molecule has 2 atom stereocenters. The van der Waals surface area contributed by atoms with E-state index in [0.29, 0.717) is 28.6 Å². The predicted octanol–water partition coefficient (Wildman–Crippen LogP) is 3.16. The molecule has 116 valence electrons. The standard InChI is InChI=1S/C14H18Cl2N2O3/c1-3-4-12(14(20)21)18-13(19)8(2)17-11-6-9(15)5-10(16)7-11/h5-8,12,17H,3-4H2,1-2H3,(H,18,19)(H,20,21). The number of aliphatic carboxylic acids is 1. The Morgan fingerprint density at radius 3 is 2.29 bits per heavy atom. The molecule has 1 aromatic carbocycles. The highest BCUT2D eigenvalue weighted by atomic mass is 35.5. The zero-order valence-electron chi connectivity index (χ0n) is 11.8. The van der Waals surface area contributed by atoms with E-state index in [2.05, 4.69) is 10.6 Å². The second kappa shape index (κ2) is 8.10. The van der Waals surface area contributed by atoms with Gasteiger partial charge in [-0.3, -0.25) is 4.79 Å². The Balaban J connectivity index is 2.67. The first-order chi connectivity index (χ1) is 9.83. The summed E-state index contributed by atoms with van der Waals surface area (Å²) < 4.78 is 0. The zero-order valence-corrected chi connectivity index (χ0v) is 13.3. The fraction of sp³-hybridized carbons (Fsp3) is 0.429. The van der Waals surface area contributed by atoms with Crippen LogP contribution in [0.3, 0.4) is 0 Å². The molecule has 1 amide bonds. The first-order valence-electron chi connectivity index (χ1n) is 6.59. The first-order valence-corrected chi connectivity index (χ1v) is 7.35. The normalized spacial score (nSPS) is 13.3. The summed E-state index contributed by atoms with van der Waals surface area (Å²) in [6, 6.07) is 3.37. The molecule has 0 saturated carbocycles. The number of carboxylic acid groups (broad SMARTS) is 1. The minimum atomic E-state index is -1.04. The highest BCUT2D eigenvalue weighted by Gasteiger charge is 2.22. The quantitative estimate of drug-likeness (QED) is 0.716. The lowest BCUT2D eigenvalue weighted by atomic mass is 10.1. The van der Waals surface area contributed by atoms with Crippen molar-refractivity contribution < 1.29 is 14.7 Å². The van der Waals surface area contributed by atoms with Crippen LogP contribution in [0.1, 0.15) is 26.7 Å². The SMILES string of the molecule is CCCC(NC(=O)C(C)Nc1cc(Cl)cc(Cl)c1)C(=O)O. The molecule has 5 nitrogen and oxygen atoms in total. The van der Waals surface area contributed by atoms with Crippen molar-refractivity contribution in [1.82, 2.24) is 5.32 Å². The Kier molecular flexibility index (Phi) is 6.78. The predicted molar refractivity (Wildman–Crippen MR) is 84.0 cm³/mol. The summed E-state index contributed by atoms with van der Waals surface area (Å²) >= 11 is 11.8. The molecule has 0 aromatic heterocycles. The number of rotatable bonds is 7. The molecule has 7 heteroatoms. The van der Waals surface area contributed by atoms with E-state index < -0.39 is 24.0 Å². The fourth-order valence-corrected chi connectivity index (χ4v) is 2.32. The number of halogens is 2. The van der Waals surface area contributed by atoms with Gasteiger partial charge in [-0.2, -0.15) is 0 Å². The summed E-state index contributed by atoms with van der Waals surface area (Å²) in [4.78, 5) is 23.0. The molecule has 21 heavy (non-hydrogen) atoms. The van der Waals surface area contributed by atoms with Crippen LogP contribution in [0.15, 0.2) is 18.2 Å². The molecule has 0 radical (unpaired) electrons. The average Bonchev–Trinajstić information content (AvgIpc) is 2.36. The fourth-order valence-electron chi connectivity index (χ4n) is 1.80. The maximum absolute atomic E-state index is 12.0. The van der Waals surface area contributed by atoms with Gasteiger partial charge in [0, 0.05) is 15.7 Å². The monoisotopic (exact) mass is 332 g/mol. The molecule has 0 spiro atoms. The lowest BCUT2D eigenvalue weighted by Gasteiger charge is -2.19. The van der Waals surface area contributed by atoms with E-state index in [1.807, 2.05) is 6.92 Å². The van der Waals surface area contributed by atoms with Gasteiger partial charge >= 0.3 is 5.97 Å². The van der Waals surface area contributed by atoms with Crippen LogP contribution in [0.25, 0.3) is 0 Å². The number of benzene rings is 1. The van der Waals surface area contributed by atoms with E-state index in [1.54, 1.807) is 25.1 Å². The second-order valence-corrected chi connectivity index (χ2v) is 5.59. The summed E-state index contributed by atoms with van der Waals surface area (Å²) in [6.07, 6.45) is 1.06. The van der Waals surface area contributed by atoms with Crippen molar-refractivity contribution in [3.05, 3.63) is 28.2 Å². The minimum absolute atomic E-state index is 0.386. The van der Waals surface area contributed by atoms with Gasteiger partial charge in [0.15, 0.2) is 0 Å². The van der Waals surface area contributed by atoms with E-state index in [9.17, 15) is 9.59 Å². The molecular weight excluding hydrogens is 315 g/mol. The highest BCUT2D eigenvalue weighted by Crippen LogP contribution is 2.22. The summed E-state index contributed by atoms with van der Waals surface area (Å²) in [6.45, 7) is 3.49. The van der Waals surface area contributed by atoms with Gasteiger partial charge in [0.25, 0.3) is 0 Å². The van der Waals surface area contributed by atoms with Crippen molar-refractivity contribution in [3.63, 3.8) is 0 Å². The molecule has 0 bridgehead atoms. The summed E-state index contributed by atoms with van der Waals surface area (Å²) in [5.41, 5.74) is 0.595. The highest BCUT2D eigenvalue weighted by molar-refractivity contribution is 6.35. The number of carboxylic acids is 1. The van der Waals surface area contributed by atoms with Crippen LogP contribution in [0.2, 0.25) is 10.0 Å². The molecular formula is C14H18Cl2N2O3. The molecule has 0 fully saturated rings. The van der Waals surface area contributed by atoms with Crippen LogP contribution >= 0.6 is 23.2 Å². The zero-order chi connectivity index (χ0) is 16.0. The smallest absolute Gasteiger partial charge is 0.326 e. The van der Waals surface area contributed by atoms with Crippen molar-refractivity contribution in [3.8, 4) is 0 Å². The molecule has 0 aliphatic heterocycles. The Hall–Kier alpha value is -1.46. The number of carbonyl (C=O) groups excluding carboxylic acids is 1. The van der Waals surface area contributed by atoms with Crippen LogP contribution in [-0.2, 0) is 9.59 Å². The third-order valence-corrected chi connectivity index (χ3v) is 3.27. The molecule has 0 saturated heterocycles. The third kappa shape index (κ3) is 5.81. The number of anilines is 1. The minimum Gasteiger partial charge on any atom is -0.480 e. The van der Waals surface area contributed by atoms with Gasteiger partial charge in [0.2, 0.25) is 5.91 Å². The van der Waals surface area contributed by atoms with Crippen molar-refractivity contribution in [1.29, 1.82) is 0 Å². The van der Waals surface area contributed by atoms with Crippen LogP contribution in [0, 0.1) is 0 Å². The summed E-state index contributed by atoms with van der Waals surface area (Å²) in [5.74, 6) is -1.44.